The van der Waals surface area contributed by atoms with Crippen LogP contribution in [-0.4, -0.2) is 13.7 Å². The number of methoxy groups -OCH3 is 1. The van der Waals surface area contributed by atoms with Crippen LogP contribution >= 0.6 is 27.5 Å². The van der Waals surface area contributed by atoms with Crippen LogP contribution in [-0.2, 0) is 0 Å². The van der Waals surface area contributed by atoms with Crippen molar-refractivity contribution in [1.29, 1.82) is 0 Å². The number of hydrogen-bond donors (Lipinski definition) is 1. The Kier molecular flexibility index (Phi) is 5.62. The molecule has 5 heteroatoms. The minimum Gasteiger partial charge on any atom is -0.496 e. The first kappa shape index (κ1) is 16.3. The van der Waals surface area contributed by atoms with E-state index in [1.165, 1.54) is 12.1 Å². The highest BCUT2D eigenvalue weighted by Gasteiger charge is 2.19. The molecular formula is C16H16BrClFNO. The fourth-order valence-electron chi connectivity index (χ4n) is 2.28. The van der Waals surface area contributed by atoms with E-state index in [1.54, 1.807) is 13.2 Å². The van der Waals surface area contributed by atoms with Gasteiger partial charge >= 0.3 is 0 Å². The molecule has 0 aliphatic rings. The lowest BCUT2D eigenvalue weighted by Crippen LogP contribution is -2.22. The van der Waals surface area contributed by atoms with Gasteiger partial charge in [0.25, 0.3) is 0 Å². The van der Waals surface area contributed by atoms with E-state index in [0.29, 0.717) is 15.2 Å². The average molecular weight is 373 g/mol. The molecule has 1 unspecified atom stereocenters. The largest absolute Gasteiger partial charge is 0.496 e. The molecule has 0 heterocycles. The normalized spacial score (nSPS) is 12.2. The molecule has 0 aromatic heterocycles. The minimum atomic E-state index is -0.289. The quantitative estimate of drug-likeness (QED) is 0.802. The van der Waals surface area contributed by atoms with Crippen molar-refractivity contribution < 1.29 is 9.13 Å². The van der Waals surface area contributed by atoms with Gasteiger partial charge in [-0.2, -0.15) is 0 Å². The van der Waals surface area contributed by atoms with E-state index in [9.17, 15) is 4.39 Å². The standard InChI is InChI=1S/C16H16BrClFNO/c1-3-20-16(10-6-11(17)8-13(19)7-10)14-9-12(18)4-5-15(14)21-2/h4-9,16,20H,3H2,1-2H3. The molecule has 0 amide bonds. The lowest BCUT2D eigenvalue weighted by Gasteiger charge is -2.22. The fourth-order valence-corrected chi connectivity index (χ4v) is 2.95. The predicted octanol–water partition coefficient (Wildman–Crippen LogP) is 4.95. The second-order valence-corrected chi connectivity index (χ2v) is 5.93. The molecule has 1 N–H and O–H groups in total. The number of ether oxygens (including phenoxy) is 1. The summed E-state index contributed by atoms with van der Waals surface area (Å²) < 4.78 is 19.8. The van der Waals surface area contributed by atoms with Crippen molar-refractivity contribution in [3.05, 3.63) is 62.8 Å². The molecule has 0 aliphatic carbocycles. The Hall–Kier alpha value is -1.10. The second kappa shape index (κ2) is 7.25. The van der Waals surface area contributed by atoms with E-state index in [2.05, 4.69) is 21.2 Å². The van der Waals surface area contributed by atoms with Crippen LogP contribution in [0.4, 0.5) is 4.39 Å². The zero-order valence-corrected chi connectivity index (χ0v) is 14.1. The van der Waals surface area contributed by atoms with E-state index in [1.807, 2.05) is 25.1 Å². The Morgan fingerprint density at radius 2 is 2.05 bits per heavy atom. The van der Waals surface area contributed by atoms with Gasteiger partial charge in [-0.25, -0.2) is 4.39 Å². The third-order valence-electron chi connectivity index (χ3n) is 3.13. The molecule has 0 radical (unpaired) electrons. The van der Waals surface area contributed by atoms with Gasteiger partial charge < -0.3 is 10.1 Å². The maximum Gasteiger partial charge on any atom is 0.124 e. The SMILES string of the molecule is CCNC(c1cc(F)cc(Br)c1)c1cc(Cl)ccc1OC. The molecule has 0 fully saturated rings. The van der Waals surface area contributed by atoms with Gasteiger partial charge in [-0.05, 0) is 48.5 Å². The van der Waals surface area contributed by atoms with Gasteiger partial charge in [0.1, 0.15) is 11.6 Å². The highest BCUT2D eigenvalue weighted by molar-refractivity contribution is 9.10. The summed E-state index contributed by atoms with van der Waals surface area (Å²) in [5.74, 6) is 0.425. The molecule has 2 aromatic carbocycles. The highest BCUT2D eigenvalue weighted by atomic mass is 79.9. The molecule has 1 atom stereocenters. The minimum absolute atomic E-state index is 0.198. The second-order valence-electron chi connectivity index (χ2n) is 4.58. The van der Waals surface area contributed by atoms with Crippen LogP contribution in [0.2, 0.25) is 5.02 Å². The van der Waals surface area contributed by atoms with Crippen LogP contribution in [0, 0.1) is 5.82 Å². The van der Waals surface area contributed by atoms with E-state index in [-0.39, 0.29) is 11.9 Å². The van der Waals surface area contributed by atoms with Crippen LogP contribution in [0.5, 0.6) is 5.75 Å². The van der Waals surface area contributed by atoms with Crippen molar-refractivity contribution in [2.45, 2.75) is 13.0 Å². The molecule has 0 bridgehead atoms. The maximum absolute atomic E-state index is 13.7. The summed E-state index contributed by atoms with van der Waals surface area (Å²) in [4.78, 5) is 0. The van der Waals surface area contributed by atoms with E-state index in [0.717, 1.165) is 17.7 Å². The van der Waals surface area contributed by atoms with Crippen LogP contribution in [0.15, 0.2) is 40.9 Å². The molecule has 2 aromatic rings. The molecule has 0 saturated carbocycles. The molecule has 2 nitrogen and oxygen atoms in total. The summed E-state index contributed by atoms with van der Waals surface area (Å²) in [5.41, 5.74) is 1.69. The molecular weight excluding hydrogens is 357 g/mol. The zero-order valence-electron chi connectivity index (χ0n) is 11.8. The lowest BCUT2D eigenvalue weighted by atomic mass is 9.97. The molecule has 0 spiro atoms. The first-order valence-corrected chi connectivity index (χ1v) is 7.75. The van der Waals surface area contributed by atoms with E-state index < -0.39 is 0 Å². The summed E-state index contributed by atoms with van der Waals surface area (Å²) in [6.07, 6.45) is 0. The average Bonchev–Trinajstić information content (AvgIpc) is 2.43. The first-order chi connectivity index (χ1) is 10.0. The van der Waals surface area contributed by atoms with Crippen LogP contribution in [0.25, 0.3) is 0 Å². The van der Waals surface area contributed by atoms with Crippen molar-refractivity contribution in [1.82, 2.24) is 5.32 Å². The lowest BCUT2D eigenvalue weighted by molar-refractivity contribution is 0.404. The third-order valence-corrected chi connectivity index (χ3v) is 3.82. The highest BCUT2D eigenvalue weighted by Crippen LogP contribution is 2.33. The van der Waals surface area contributed by atoms with Crippen molar-refractivity contribution in [3.8, 4) is 5.75 Å². The Labute approximate surface area is 137 Å². The number of halogens is 3. The summed E-state index contributed by atoms with van der Waals surface area (Å²) in [5, 5.41) is 3.96. The van der Waals surface area contributed by atoms with E-state index >= 15 is 0 Å². The van der Waals surface area contributed by atoms with E-state index in [4.69, 9.17) is 16.3 Å². The predicted molar refractivity (Wildman–Crippen MR) is 87.6 cm³/mol. The zero-order chi connectivity index (χ0) is 15.4. The van der Waals surface area contributed by atoms with Crippen LogP contribution < -0.4 is 10.1 Å². The summed E-state index contributed by atoms with van der Waals surface area (Å²) in [6.45, 7) is 2.73. The van der Waals surface area contributed by atoms with Gasteiger partial charge in [0.05, 0.1) is 13.2 Å². The van der Waals surface area contributed by atoms with Gasteiger partial charge in [-0.1, -0.05) is 34.5 Å². The summed E-state index contributed by atoms with van der Waals surface area (Å²) in [6, 6.07) is 10.1. The monoisotopic (exact) mass is 371 g/mol. The van der Waals surface area contributed by atoms with Crippen LogP contribution in [0.3, 0.4) is 0 Å². The van der Waals surface area contributed by atoms with Crippen molar-refractivity contribution in [3.63, 3.8) is 0 Å². The number of hydrogen-bond acceptors (Lipinski definition) is 2. The Morgan fingerprint density at radius 3 is 2.67 bits per heavy atom. The van der Waals surface area contributed by atoms with Crippen molar-refractivity contribution >= 4 is 27.5 Å². The Balaban J connectivity index is 2.55. The fraction of sp³-hybridized carbons (Fsp3) is 0.250. The van der Waals surface area contributed by atoms with Gasteiger partial charge in [0.15, 0.2) is 0 Å². The number of nitrogens with one attached hydrogen (secondary N) is 1. The molecule has 0 saturated heterocycles. The summed E-state index contributed by atoms with van der Waals surface area (Å²) in [7, 11) is 1.61. The van der Waals surface area contributed by atoms with Gasteiger partial charge in [-0.3, -0.25) is 0 Å². The topological polar surface area (TPSA) is 21.3 Å². The third kappa shape index (κ3) is 3.96. The van der Waals surface area contributed by atoms with Crippen LogP contribution in [0.1, 0.15) is 24.1 Å². The first-order valence-electron chi connectivity index (χ1n) is 6.58. The molecule has 112 valence electrons. The van der Waals surface area contributed by atoms with Gasteiger partial charge in [-0.15, -0.1) is 0 Å². The number of rotatable bonds is 5. The smallest absolute Gasteiger partial charge is 0.124 e. The Morgan fingerprint density at radius 1 is 1.29 bits per heavy atom. The number of benzene rings is 2. The van der Waals surface area contributed by atoms with Crippen molar-refractivity contribution in [2.75, 3.05) is 13.7 Å². The Bertz CT molecular complexity index is 615. The summed E-state index contributed by atoms with van der Waals surface area (Å²) >= 11 is 9.43. The molecule has 0 aliphatic heterocycles. The van der Waals surface area contributed by atoms with Gasteiger partial charge in [0, 0.05) is 15.1 Å². The molecule has 21 heavy (non-hydrogen) atoms. The molecule has 2 rings (SSSR count). The van der Waals surface area contributed by atoms with Gasteiger partial charge in [0.2, 0.25) is 0 Å². The van der Waals surface area contributed by atoms with Crippen molar-refractivity contribution in [2.24, 2.45) is 0 Å². The maximum atomic E-state index is 13.7.